The molecule has 2 rings (SSSR count). The van der Waals surface area contributed by atoms with Gasteiger partial charge in [0.15, 0.2) is 0 Å². The van der Waals surface area contributed by atoms with Crippen LogP contribution in [0, 0.1) is 0 Å². The second kappa shape index (κ2) is 5.88. The molecule has 0 saturated heterocycles. The lowest BCUT2D eigenvalue weighted by molar-refractivity contribution is -0.137. The van der Waals surface area contributed by atoms with Crippen molar-refractivity contribution in [2.24, 2.45) is 5.73 Å². The molecule has 0 heterocycles. The average molecular weight is 270 g/mol. The molecule has 2 amide bonds. The fourth-order valence-electron chi connectivity index (χ4n) is 2.10. The predicted octanol–water partition coefficient (Wildman–Crippen LogP) is 2.39. The van der Waals surface area contributed by atoms with Crippen LogP contribution in [0.1, 0.15) is 17.0 Å². The Morgan fingerprint density at radius 1 is 1.00 bits per heavy atom. The lowest BCUT2D eigenvalue weighted by atomic mass is 9.90. The van der Waals surface area contributed by atoms with Crippen LogP contribution in [0.5, 0.6) is 0 Å². The molecule has 20 heavy (non-hydrogen) atoms. The van der Waals surface area contributed by atoms with Crippen molar-refractivity contribution in [1.82, 2.24) is 0 Å². The van der Waals surface area contributed by atoms with E-state index in [-0.39, 0.29) is 0 Å². The average Bonchev–Trinajstić information content (AvgIpc) is 2.41. The van der Waals surface area contributed by atoms with E-state index in [1.165, 1.54) is 0 Å². The molecule has 0 saturated carbocycles. The van der Waals surface area contributed by atoms with E-state index >= 15 is 0 Å². The number of aliphatic carboxylic acids is 1. The van der Waals surface area contributed by atoms with Crippen molar-refractivity contribution in [3.63, 3.8) is 0 Å². The van der Waals surface area contributed by atoms with Crippen molar-refractivity contribution in [2.45, 2.75) is 5.92 Å². The SMILES string of the molecule is NC(=O)Nc1ccccc1C(C(=O)O)c1ccccc1. The first kappa shape index (κ1) is 13.6. The van der Waals surface area contributed by atoms with Crippen LogP contribution < -0.4 is 11.1 Å². The summed E-state index contributed by atoms with van der Waals surface area (Å²) in [5, 5.41) is 11.9. The fourth-order valence-corrected chi connectivity index (χ4v) is 2.10. The topological polar surface area (TPSA) is 92.4 Å². The number of nitrogens with two attached hydrogens (primary N) is 1. The molecule has 2 aromatic rings. The Labute approximate surface area is 116 Å². The molecule has 2 aromatic carbocycles. The molecule has 0 aliphatic carbocycles. The number of carboxylic acid groups (broad SMARTS) is 1. The van der Waals surface area contributed by atoms with Gasteiger partial charge in [-0.1, -0.05) is 48.5 Å². The van der Waals surface area contributed by atoms with Crippen molar-refractivity contribution in [2.75, 3.05) is 5.32 Å². The highest BCUT2D eigenvalue weighted by Gasteiger charge is 2.24. The number of rotatable bonds is 4. The summed E-state index contributed by atoms with van der Waals surface area (Å²) in [6.45, 7) is 0. The third-order valence-electron chi connectivity index (χ3n) is 2.91. The number of carbonyl (C=O) groups is 2. The number of hydrogen-bond donors (Lipinski definition) is 3. The van der Waals surface area contributed by atoms with Gasteiger partial charge in [0.2, 0.25) is 0 Å². The normalized spacial score (nSPS) is 11.6. The van der Waals surface area contributed by atoms with Crippen molar-refractivity contribution < 1.29 is 14.7 Å². The number of amides is 2. The lowest BCUT2D eigenvalue weighted by Crippen LogP contribution is -2.22. The van der Waals surface area contributed by atoms with E-state index in [2.05, 4.69) is 5.32 Å². The van der Waals surface area contributed by atoms with E-state index in [0.717, 1.165) is 0 Å². The quantitative estimate of drug-likeness (QED) is 0.796. The van der Waals surface area contributed by atoms with E-state index in [1.54, 1.807) is 48.5 Å². The summed E-state index contributed by atoms with van der Waals surface area (Å²) >= 11 is 0. The van der Waals surface area contributed by atoms with Gasteiger partial charge in [0, 0.05) is 5.69 Å². The van der Waals surface area contributed by atoms with Gasteiger partial charge in [-0.2, -0.15) is 0 Å². The number of nitrogens with one attached hydrogen (secondary N) is 1. The van der Waals surface area contributed by atoms with E-state index in [4.69, 9.17) is 5.73 Å². The third kappa shape index (κ3) is 2.95. The Balaban J connectivity index is 2.51. The van der Waals surface area contributed by atoms with Crippen LogP contribution in [0.15, 0.2) is 54.6 Å². The fraction of sp³-hybridized carbons (Fsp3) is 0.0667. The van der Waals surface area contributed by atoms with Crippen LogP contribution in [0.2, 0.25) is 0 Å². The number of carbonyl (C=O) groups excluding carboxylic acids is 1. The van der Waals surface area contributed by atoms with Gasteiger partial charge in [-0.25, -0.2) is 4.79 Å². The molecule has 0 radical (unpaired) electrons. The van der Waals surface area contributed by atoms with Crippen LogP contribution in [-0.4, -0.2) is 17.1 Å². The van der Waals surface area contributed by atoms with Gasteiger partial charge < -0.3 is 16.2 Å². The van der Waals surface area contributed by atoms with E-state index in [1.807, 2.05) is 6.07 Å². The molecule has 0 spiro atoms. The zero-order valence-electron chi connectivity index (χ0n) is 10.6. The Morgan fingerprint density at radius 2 is 1.60 bits per heavy atom. The summed E-state index contributed by atoms with van der Waals surface area (Å²) in [6, 6.07) is 14.8. The monoisotopic (exact) mass is 270 g/mol. The summed E-state index contributed by atoms with van der Waals surface area (Å²) in [5.41, 5.74) is 6.64. The zero-order chi connectivity index (χ0) is 14.5. The smallest absolute Gasteiger partial charge is 0.316 e. The maximum absolute atomic E-state index is 11.6. The van der Waals surface area contributed by atoms with Crippen LogP contribution in [-0.2, 0) is 4.79 Å². The highest BCUT2D eigenvalue weighted by atomic mass is 16.4. The molecule has 0 fully saturated rings. The molecule has 0 bridgehead atoms. The van der Waals surface area contributed by atoms with E-state index in [9.17, 15) is 14.7 Å². The van der Waals surface area contributed by atoms with Gasteiger partial charge in [-0.05, 0) is 17.2 Å². The molecule has 1 unspecified atom stereocenters. The van der Waals surface area contributed by atoms with Gasteiger partial charge in [0.1, 0.15) is 5.92 Å². The van der Waals surface area contributed by atoms with Crippen molar-refractivity contribution >= 4 is 17.7 Å². The third-order valence-corrected chi connectivity index (χ3v) is 2.91. The first-order valence-corrected chi connectivity index (χ1v) is 6.02. The highest BCUT2D eigenvalue weighted by molar-refractivity contribution is 5.91. The van der Waals surface area contributed by atoms with Gasteiger partial charge in [-0.3, -0.25) is 4.79 Å². The summed E-state index contributed by atoms with van der Waals surface area (Å²) in [5.74, 6) is -1.85. The highest BCUT2D eigenvalue weighted by Crippen LogP contribution is 2.30. The summed E-state index contributed by atoms with van der Waals surface area (Å²) in [7, 11) is 0. The summed E-state index contributed by atoms with van der Waals surface area (Å²) in [4.78, 5) is 22.6. The zero-order valence-corrected chi connectivity index (χ0v) is 10.6. The molecule has 5 nitrogen and oxygen atoms in total. The van der Waals surface area contributed by atoms with Gasteiger partial charge in [0.05, 0.1) is 0 Å². The molecule has 0 aromatic heterocycles. The standard InChI is InChI=1S/C15H14N2O3/c16-15(20)17-12-9-5-4-8-11(12)13(14(18)19)10-6-2-1-3-7-10/h1-9,13H,(H,18,19)(H3,16,17,20). The summed E-state index contributed by atoms with van der Waals surface area (Å²) < 4.78 is 0. The van der Waals surface area contributed by atoms with Crippen molar-refractivity contribution in [1.29, 1.82) is 0 Å². The van der Waals surface area contributed by atoms with Crippen molar-refractivity contribution in [3.05, 3.63) is 65.7 Å². The summed E-state index contributed by atoms with van der Waals surface area (Å²) in [6.07, 6.45) is 0. The molecule has 5 heteroatoms. The largest absolute Gasteiger partial charge is 0.481 e. The molecule has 0 aliphatic rings. The Morgan fingerprint density at radius 3 is 2.20 bits per heavy atom. The number of urea groups is 1. The minimum atomic E-state index is -0.991. The first-order valence-electron chi connectivity index (χ1n) is 6.02. The Kier molecular flexibility index (Phi) is 4.00. The lowest BCUT2D eigenvalue weighted by Gasteiger charge is -2.17. The molecule has 0 aliphatic heterocycles. The van der Waals surface area contributed by atoms with Gasteiger partial charge in [-0.15, -0.1) is 0 Å². The second-order valence-electron chi connectivity index (χ2n) is 4.26. The van der Waals surface area contributed by atoms with Crippen LogP contribution >= 0.6 is 0 Å². The maximum atomic E-state index is 11.6. The number of primary amides is 1. The van der Waals surface area contributed by atoms with Crippen molar-refractivity contribution in [3.8, 4) is 0 Å². The van der Waals surface area contributed by atoms with Crippen LogP contribution in [0.4, 0.5) is 10.5 Å². The number of para-hydroxylation sites is 1. The Bertz CT molecular complexity index is 626. The van der Waals surface area contributed by atoms with E-state index in [0.29, 0.717) is 16.8 Å². The minimum absolute atomic E-state index is 0.399. The number of hydrogen-bond acceptors (Lipinski definition) is 2. The molecular weight excluding hydrogens is 256 g/mol. The van der Waals surface area contributed by atoms with Gasteiger partial charge >= 0.3 is 12.0 Å². The first-order chi connectivity index (χ1) is 9.59. The number of anilines is 1. The molecule has 102 valence electrons. The van der Waals surface area contributed by atoms with Gasteiger partial charge in [0.25, 0.3) is 0 Å². The maximum Gasteiger partial charge on any atom is 0.316 e. The Hall–Kier alpha value is -2.82. The molecule has 4 N–H and O–H groups in total. The minimum Gasteiger partial charge on any atom is -0.481 e. The number of benzene rings is 2. The predicted molar refractivity (Wildman–Crippen MR) is 75.6 cm³/mol. The molecular formula is C15H14N2O3. The molecule has 1 atom stereocenters. The number of carboxylic acids is 1. The van der Waals surface area contributed by atoms with E-state index < -0.39 is 17.9 Å². The van der Waals surface area contributed by atoms with Crippen LogP contribution in [0.25, 0.3) is 0 Å². The van der Waals surface area contributed by atoms with Crippen LogP contribution in [0.3, 0.4) is 0 Å². The second-order valence-corrected chi connectivity index (χ2v) is 4.26.